The van der Waals surface area contributed by atoms with Crippen molar-refractivity contribution < 1.29 is 14.0 Å². The Morgan fingerprint density at radius 3 is 2.38 bits per heavy atom. The molecule has 4 aromatic carbocycles. The number of ketones is 1. The second-order valence-corrected chi connectivity index (χ2v) is 10.7. The summed E-state index contributed by atoms with van der Waals surface area (Å²) >= 11 is 12.3. The van der Waals surface area contributed by atoms with Gasteiger partial charge in [0.2, 0.25) is 0 Å². The molecule has 2 amide bonds. The number of hydrogen-bond donors (Lipinski definition) is 2. The van der Waals surface area contributed by atoms with Crippen LogP contribution >= 0.6 is 23.2 Å². The summed E-state index contributed by atoms with van der Waals surface area (Å²) in [6, 6.07) is 26.7. The van der Waals surface area contributed by atoms with Crippen molar-refractivity contribution in [1.82, 2.24) is 0 Å². The lowest BCUT2D eigenvalue weighted by Crippen LogP contribution is -2.41. The third-order valence-corrected chi connectivity index (χ3v) is 8.05. The zero-order valence-electron chi connectivity index (χ0n) is 21.2. The molecule has 0 saturated carbocycles. The molecule has 200 valence electrons. The molecule has 2 N–H and O–H groups in total. The highest BCUT2D eigenvalue weighted by Gasteiger charge is 2.41. The number of para-hydroxylation sites is 2. The zero-order chi connectivity index (χ0) is 27.8. The highest BCUT2D eigenvalue weighted by atomic mass is 35.5. The van der Waals surface area contributed by atoms with Crippen LogP contribution < -0.4 is 15.5 Å². The minimum atomic E-state index is -0.881. The van der Waals surface area contributed by atoms with Crippen LogP contribution in [0.1, 0.15) is 35.9 Å². The number of fused-ring (bicyclic) bond motifs is 1. The number of anilines is 3. The number of carbonyl (C=O) groups is 2. The number of benzene rings is 4. The smallest absolute Gasteiger partial charge is 0.327 e. The number of urea groups is 1. The zero-order valence-corrected chi connectivity index (χ0v) is 22.7. The fraction of sp³-hybridized carbons (Fsp3) is 0.125. The van der Waals surface area contributed by atoms with Crippen LogP contribution in [-0.4, -0.2) is 11.8 Å². The van der Waals surface area contributed by atoms with Gasteiger partial charge in [0.05, 0.1) is 27.5 Å². The van der Waals surface area contributed by atoms with Crippen molar-refractivity contribution in [3.05, 3.63) is 135 Å². The molecule has 0 bridgehead atoms. The van der Waals surface area contributed by atoms with Gasteiger partial charge in [0.1, 0.15) is 5.82 Å². The minimum absolute atomic E-state index is 0.0307. The lowest BCUT2D eigenvalue weighted by atomic mass is 9.78. The maximum absolute atomic E-state index is 14.6. The fourth-order valence-corrected chi connectivity index (χ4v) is 5.82. The van der Waals surface area contributed by atoms with E-state index >= 15 is 0 Å². The average Bonchev–Trinajstić information content (AvgIpc) is 3.10. The van der Waals surface area contributed by atoms with Gasteiger partial charge in [-0.3, -0.25) is 9.69 Å². The Balaban J connectivity index is 1.51. The van der Waals surface area contributed by atoms with Crippen molar-refractivity contribution in [2.24, 2.45) is 0 Å². The summed E-state index contributed by atoms with van der Waals surface area (Å²) in [5.41, 5.74) is 4.36. The molecule has 1 heterocycles. The number of hydrogen-bond acceptors (Lipinski definition) is 3. The summed E-state index contributed by atoms with van der Waals surface area (Å²) in [7, 11) is 0. The van der Waals surface area contributed by atoms with Gasteiger partial charge in [-0.05, 0) is 65.9 Å². The molecule has 40 heavy (non-hydrogen) atoms. The lowest BCUT2D eigenvalue weighted by Gasteiger charge is -2.35. The molecule has 1 aliphatic heterocycles. The summed E-state index contributed by atoms with van der Waals surface area (Å²) in [6.45, 7) is 0. The molecule has 2 aliphatic rings. The molecule has 0 radical (unpaired) electrons. The first-order chi connectivity index (χ1) is 19.4. The molecule has 0 aromatic heterocycles. The van der Waals surface area contributed by atoms with Gasteiger partial charge in [0.25, 0.3) is 0 Å². The third kappa shape index (κ3) is 4.96. The van der Waals surface area contributed by atoms with Crippen LogP contribution in [0.4, 0.5) is 26.2 Å². The van der Waals surface area contributed by atoms with Crippen molar-refractivity contribution in [3.8, 4) is 0 Å². The summed E-state index contributed by atoms with van der Waals surface area (Å²) in [4.78, 5) is 29.6. The molecule has 0 saturated heterocycles. The Morgan fingerprint density at radius 2 is 1.60 bits per heavy atom. The maximum Gasteiger partial charge on any atom is 0.327 e. The topological polar surface area (TPSA) is 61.4 Å². The van der Waals surface area contributed by atoms with Crippen molar-refractivity contribution in [2.45, 2.75) is 24.8 Å². The third-order valence-electron chi connectivity index (χ3n) is 7.31. The number of rotatable bonds is 3. The molecule has 8 heteroatoms. The van der Waals surface area contributed by atoms with Crippen molar-refractivity contribution in [3.63, 3.8) is 0 Å². The Bertz CT molecular complexity index is 1660. The Hall–Kier alpha value is -4.13. The van der Waals surface area contributed by atoms with Gasteiger partial charge in [-0.1, -0.05) is 77.8 Å². The largest absolute Gasteiger partial charge is 0.357 e. The second-order valence-electron chi connectivity index (χ2n) is 9.86. The van der Waals surface area contributed by atoms with E-state index in [9.17, 15) is 14.0 Å². The summed E-state index contributed by atoms with van der Waals surface area (Å²) in [5.74, 6) is -0.589. The first-order valence-electron chi connectivity index (χ1n) is 12.9. The summed E-state index contributed by atoms with van der Waals surface area (Å²) in [5, 5.41) is 7.02. The van der Waals surface area contributed by atoms with E-state index in [2.05, 4.69) is 10.6 Å². The van der Waals surface area contributed by atoms with E-state index in [-0.39, 0.29) is 18.1 Å². The number of amides is 2. The molecule has 5 nitrogen and oxygen atoms in total. The van der Waals surface area contributed by atoms with E-state index in [1.165, 1.54) is 17.0 Å². The molecule has 0 unspecified atom stereocenters. The second kappa shape index (κ2) is 10.8. The quantitative estimate of drug-likeness (QED) is 0.258. The Kier molecular flexibility index (Phi) is 7.05. The van der Waals surface area contributed by atoms with Gasteiger partial charge in [-0.2, -0.15) is 0 Å². The van der Waals surface area contributed by atoms with Crippen LogP contribution in [0.3, 0.4) is 0 Å². The molecular formula is C32H24Cl2FN3O2. The Morgan fingerprint density at radius 1 is 0.850 bits per heavy atom. The molecule has 0 fully saturated rings. The minimum Gasteiger partial charge on any atom is -0.357 e. The van der Waals surface area contributed by atoms with Crippen LogP contribution in [0.5, 0.6) is 0 Å². The van der Waals surface area contributed by atoms with Crippen LogP contribution in [-0.2, 0) is 4.79 Å². The van der Waals surface area contributed by atoms with Gasteiger partial charge in [0.15, 0.2) is 5.78 Å². The monoisotopic (exact) mass is 571 g/mol. The average molecular weight is 572 g/mol. The standard InChI is InChI=1S/C32H24Cl2FN3O2/c33-24-14-13-23(18-25(24)34)36-32(40)38-28-12-5-4-11-26(28)37-27-16-21(19-7-2-1-3-8-19)17-29(39)30(27)31(38)20-9-6-10-22(35)15-20/h1-15,18,21,31,37H,16-17H2,(H,36,40)/t21-,31+/m0/s1. The van der Waals surface area contributed by atoms with E-state index in [1.807, 2.05) is 48.5 Å². The van der Waals surface area contributed by atoms with Gasteiger partial charge < -0.3 is 10.6 Å². The molecule has 4 aromatic rings. The number of Topliss-reactive ketones (excluding diaryl/α,β-unsaturated/α-hetero) is 1. The van der Waals surface area contributed by atoms with Gasteiger partial charge >= 0.3 is 6.03 Å². The fourth-order valence-electron chi connectivity index (χ4n) is 5.52. The van der Waals surface area contributed by atoms with Crippen LogP contribution in [0.2, 0.25) is 10.0 Å². The molecule has 0 spiro atoms. The summed E-state index contributed by atoms with van der Waals surface area (Å²) < 4.78 is 14.6. The van der Waals surface area contributed by atoms with Crippen molar-refractivity contribution in [2.75, 3.05) is 15.5 Å². The van der Waals surface area contributed by atoms with Gasteiger partial charge in [-0.15, -0.1) is 0 Å². The van der Waals surface area contributed by atoms with Crippen LogP contribution in [0, 0.1) is 5.82 Å². The number of nitrogens with zero attached hydrogens (tertiary/aromatic N) is 1. The van der Waals surface area contributed by atoms with E-state index in [4.69, 9.17) is 23.2 Å². The maximum atomic E-state index is 14.6. The van der Waals surface area contributed by atoms with Crippen LogP contribution in [0.25, 0.3) is 0 Å². The van der Waals surface area contributed by atoms with E-state index in [0.29, 0.717) is 44.7 Å². The first kappa shape index (κ1) is 26.1. The van der Waals surface area contributed by atoms with Gasteiger partial charge in [-0.25, -0.2) is 9.18 Å². The molecule has 2 atom stereocenters. The van der Waals surface area contributed by atoms with E-state index in [1.54, 1.807) is 36.4 Å². The number of carbonyl (C=O) groups excluding carboxylic acids is 2. The highest BCUT2D eigenvalue weighted by molar-refractivity contribution is 6.42. The van der Waals surface area contributed by atoms with E-state index in [0.717, 1.165) is 11.3 Å². The number of nitrogens with one attached hydrogen (secondary N) is 2. The molecule has 1 aliphatic carbocycles. The van der Waals surface area contributed by atoms with E-state index < -0.39 is 17.9 Å². The first-order valence-corrected chi connectivity index (χ1v) is 13.6. The predicted molar refractivity (Wildman–Crippen MR) is 158 cm³/mol. The van der Waals surface area contributed by atoms with Crippen molar-refractivity contribution in [1.29, 1.82) is 0 Å². The number of halogens is 3. The highest BCUT2D eigenvalue weighted by Crippen LogP contribution is 2.47. The number of allylic oxidation sites excluding steroid dienone is 1. The van der Waals surface area contributed by atoms with Crippen LogP contribution in [0.15, 0.2) is 108 Å². The lowest BCUT2D eigenvalue weighted by molar-refractivity contribution is -0.116. The SMILES string of the molecule is O=C1C[C@@H](c2ccccc2)CC2=C1[C@@H](c1cccc(F)c1)N(C(=O)Nc1ccc(Cl)c(Cl)c1)c1ccccc1N2. The van der Waals surface area contributed by atoms with Gasteiger partial charge in [0, 0.05) is 23.4 Å². The van der Waals surface area contributed by atoms with Crippen molar-refractivity contribution >= 4 is 52.1 Å². The normalized spacial score (nSPS) is 18.4. The summed E-state index contributed by atoms with van der Waals surface area (Å²) in [6.07, 6.45) is 0.836. The molecule has 6 rings (SSSR count). The Labute approximate surface area is 241 Å². The predicted octanol–water partition coefficient (Wildman–Crippen LogP) is 8.74. The molecular weight excluding hydrogens is 548 g/mol.